The number of hydrogen-bond acceptors (Lipinski definition) is 1. The second kappa shape index (κ2) is 5.49. The van der Waals surface area contributed by atoms with Crippen LogP contribution in [-0.4, -0.2) is 5.78 Å². The Morgan fingerprint density at radius 2 is 1.83 bits per heavy atom. The summed E-state index contributed by atoms with van der Waals surface area (Å²) in [7, 11) is 0. The zero-order valence-electron chi connectivity index (χ0n) is 10.5. The van der Waals surface area contributed by atoms with Gasteiger partial charge in [0.25, 0.3) is 0 Å². The van der Waals surface area contributed by atoms with Crippen molar-refractivity contribution in [1.29, 1.82) is 0 Å². The molecule has 0 amide bonds. The first-order valence-electron chi connectivity index (χ1n) is 5.91. The summed E-state index contributed by atoms with van der Waals surface area (Å²) in [5, 5.41) is 0. The topological polar surface area (TPSA) is 17.1 Å². The number of halogens is 1. The minimum Gasteiger partial charge on any atom is -0.294 e. The van der Waals surface area contributed by atoms with E-state index in [2.05, 4.69) is 41.9 Å². The third kappa shape index (κ3) is 3.08. The molecule has 0 aliphatic heterocycles. The maximum atomic E-state index is 12.1. The van der Waals surface area contributed by atoms with Gasteiger partial charge in [0.1, 0.15) is 0 Å². The first-order valence-corrected chi connectivity index (χ1v) is 6.70. The summed E-state index contributed by atoms with van der Waals surface area (Å²) >= 11 is 3.38. The molecule has 0 radical (unpaired) electrons. The molecule has 0 aromatic heterocycles. The molecule has 2 aromatic rings. The van der Waals surface area contributed by atoms with Crippen molar-refractivity contribution in [2.45, 2.75) is 20.3 Å². The van der Waals surface area contributed by atoms with Crippen LogP contribution in [0.4, 0.5) is 0 Å². The lowest BCUT2D eigenvalue weighted by atomic mass is 10.00. The van der Waals surface area contributed by atoms with E-state index < -0.39 is 0 Å². The van der Waals surface area contributed by atoms with Gasteiger partial charge in [-0.25, -0.2) is 0 Å². The van der Waals surface area contributed by atoms with Crippen molar-refractivity contribution in [3.8, 4) is 0 Å². The van der Waals surface area contributed by atoms with Gasteiger partial charge in [-0.15, -0.1) is 0 Å². The Kier molecular flexibility index (Phi) is 3.97. The van der Waals surface area contributed by atoms with Crippen LogP contribution in [0.25, 0.3) is 0 Å². The molecule has 0 saturated heterocycles. The van der Waals surface area contributed by atoms with Gasteiger partial charge < -0.3 is 0 Å². The minimum atomic E-state index is 0.152. The van der Waals surface area contributed by atoms with E-state index in [1.54, 1.807) is 0 Å². The average molecular weight is 303 g/mol. The van der Waals surface area contributed by atoms with Gasteiger partial charge in [-0.2, -0.15) is 0 Å². The monoisotopic (exact) mass is 302 g/mol. The number of Topliss-reactive ketones (excluding diaryl/α,β-unsaturated/α-hetero) is 1. The first kappa shape index (κ1) is 13.0. The fraction of sp³-hybridized carbons (Fsp3) is 0.188. The zero-order chi connectivity index (χ0) is 13.1. The highest BCUT2D eigenvalue weighted by Gasteiger charge is 2.07. The highest BCUT2D eigenvalue weighted by molar-refractivity contribution is 9.10. The van der Waals surface area contributed by atoms with Gasteiger partial charge in [0.2, 0.25) is 0 Å². The number of aryl methyl sites for hydroxylation is 2. The van der Waals surface area contributed by atoms with Gasteiger partial charge in [-0.3, -0.25) is 4.79 Å². The van der Waals surface area contributed by atoms with Crippen LogP contribution >= 0.6 is 15.9 Å². The largest absolute Gasteiger partial charge is 0.294 e. The SMILES string of the molecule is Cc1ccc(CC(=O)c2cccc(Br)c2)cc1C. The molecule has 2 aromatic carbocycles. The Hall–Kier alpha value is -1.41. The molecule has 2 rings (SSSR count). The lowest BCUT2D eigenvalue weighted by Gasteiger charge is -2.05. The Labute approximate surface area is 116 Å². The van der Waals surface area contributed by atoms with E-state index >= 15 is 0 Å². The number of benzene rings is 2. The second-order valence-electron chi connectivity index (χ2n) is 4.53. The second-order valence-corrected chi connectivity index (χ2v) is 5.44. The van der Waals surface area contributed by atoms with Crippen LogP contribution in [0.5, 0.6) is 0 Å². The number of carbonyl (C=O) groups excluding carboxylic acids is 1. The summed E-state index contributed by atoms with van der Waals surface area (Å²) in [6, 6.07) is 13.7. The van der Waals surface area contributed by atoms with Crippen LogP contribution in [0.1, 0.15) is 27.0 Å². The van der Waals surface area contributed by atoms with Gasteiger partial charge in [-0.1, -0.05) is 46.3 Å². The molecular formula is C16H15BrO. The Bertz CT molecular complexity index is 587. The van der Waals surface area contributed by atoms with Crippen molar-refractivity contribution in [3.05, 3.63) is 69.2 Å². The van der Waals surface area contributed by atoms with Crippen molar-refractivity contribution in [1.82, 2.24) is 0 Å². The van der Waals surface area contributed by atoms with Gasteiger partial charge in [0, 0.05) is 16.5 Å². The quantitative estimate of drug-likeness (QED) is 0.763. The molecule has 1 nitrogen and oxygen atoms in total. The molecule has 0 aliphatic rings. The Morgan fingerprint density at radius 1 is 1.06 bits per heavy atom. The van der Waals surface area contributed by atoms with Crippen molar-refractivity contribution in [2.24, 2.45) is 0 Å². The van der Waals surface area contributed by atoms with Crippen molar-refractivity contribution in [2.75, 3.05) is 0 Å². The molecule has 0 fully saturated rings. The first-order chi connectivity index (χ1) is 8.56. The normalized spacial score (nSPS) is 10.4. The third-order valence-electron chi connectivity index (χ3n) is 3.08. The number of rotatable bonds is 3. The van der Waals surface area contributed by atoms with Crippen LogP contribution in [0.3, 0.4) is 0 Å². The van der Waals surface area contributed by atoms with E-state index in [4.69, 9.17) is 0 Å². The van der Waals surface area contributed by atoms with E-state index in [1.165, 1.54) is 11.1 Å². The van der Waals surface area contributed by atoms with E-state index in [0.29, 0.717) is 6.42 Å². The van der Waals surface area contributed by atoms with Crippen molar-refractivity contribution < 1.29 is 4.79 Å². The van der Waals surface area contributed by atoms with Gasteiger partial charge in [-0.05, 0) is 42.7 Å². The van der Waals surface area contributed by atoms with Gasteiger partial charge in [0.05, 0.1) is 0 Å². The highest BCUT2D eigenvalue weighted by Crippen LogP contribution is 2.15. The molecule has 0 bridgehead atoms. The molecule has 0 atom stereocenters. The highest BCUT2D eigenvalue weighted by atomic mass is 79.9. The molecule has 18 heavy (non-hydrogen) atoms. The fourth-order valence-corrected chi connectivity index (χ4v) is 2.26. The van der Waals surface area contributed by atoms with E-state index in [1.807, 2.05) is 30.3 Å². The predicted molar refractivity (Wildman–Crippen MR) is 78.1 cm³/mol. The minimum absolute atomic E-state index is 0.152. The molecule has 0 saturated carbocycles. The van der Waals surface area contributed by atoms with E-state index in [0.717, 1.165) is 15.6 Å². The molecule has 0 unspecified atom stereocenters. The molecule has 0 aliphatic carbocycles. The molecule has 0 N–H and O–H groups in total. The van der Waals surface area contributed by atoms with Gasteiger partial charge in [0.15, 0.2) is 5.78 Å². The maximum Gasteiger partial charge on any atom is 0.167 e. The summed E-state index contributed by atoms with van der Waals surface area (Å²) in [5.41, 5.74) is 4.31. The zero-order valence-corrected chi connectivity index (χ0v) is 12.1. The van der Waals surface area contributed by atoms with Crippen LogP contribution < -0.4 is 0 Å². The third-order valence-corrected chi connectivity index (χ3v) is 3.58. The molecule has 0 spiro atoms. The number of ketones is 1. The summed E-state index contributed by atoms with van der Waals surface area (Å²) in [6.45, 7) is 4.15. The maximum absolute atomic E-state index is 12.1. The fourth-order valence-electron chi connectivity index (χ4n) is 1.86. The average Bonchev–Trinajstić information content (AvgIpc) is 2.34. The van der Waals surface area contributed by atoms with Crippen molar-refractivity contribution >= 4 is 21.7 Å². The number of carbonyl (C=O) groups is 1. The van der Waals surface area contributed by atoms with E-state index in [9.17, 15) is 4.79 Å². The molecule has 0 heterocycles. The molecule has 92 valence electrons. The Morgan fingerprint density at radius 3 is 2.50 bits per heavy atom. The lowest BCUT2D eigenvalue weighted by molar-refractivity contribution is 0.0993. The summed E-state index contributed by atoms with van der Waals surface area (Å²) in [5.74, 6) is 0.152. The van der Waals surface area contributed by atoms with Crippen molar-refractivity contribution in [3.63, 3.8) is 0 Å². The molecule has 2 heteroatoms. The summed E-state index contributed by atoms with van der Waals surface area (Å²) in [6.07, 6.45) is 0.456. The van der Waals surface area contributed by atoms with Crippen LogP contribution in [0, 0.1) is 13.8 Å². The van der Waals surface area contributed by atoms with E-state index in [-0.39, 0.29) is 5.78 Å². The summed E-state index contributed by atoms with van der Waals surface area (Å²) < 4.78 is 0.938. The van der Waals surface area contributed by atoms with Crippen LogP contribution in [0.2, 0.25) is 0 Å². The number of hydrogen-bond donors (Lipinski definition) is 0. The van der Waals surface area contributed by atoms with Crippen LogP contribution in [0.15, 0.2) is 46.9 Å². The lowest BCUT2D eigenvalue weighted by Crippen LogP contribution is -2.03. The molecular weight excluding hydrogens is 288 g/mol. The van der Waals surface area contributed by atoms with Gasteiger partial charge >= 0.3 is 0 Å². The smallest absolute Gasteiger partial charge is 0.167 e. The summed E-state index contributed by atoms with van der Waals surface area (Å²) in [4.78, 5) is 12.1. The predicted octanol–water partition coefficient (Wildman–Crippen LogP) is 4.49. The van der Waals surface area contributed by atoms with Crippen LogP contribution in [-0.2, 0) is 6.42 Å². The Balaban J connectivity index is 2.18. The standard InChI is InChI=1S/C16H15BrO/c1-11-6-7-13(8-12(11)2)9-16(18)14-4-3-5-15(17)10-14/h3-8,10H,9H2,1-2H3.